The van der Waals surface area contributed by atoms with Gasteiger partial charge in [0.15, 0.2) is 5.65 Å². The summed E-state index contributed by atoms with van der Waals surface area (Å²) in [5, 5.41) is 18.6. The Hall–Kier alpha value is -3.40. The molecule has 10 nitrogen and oxygen atoms in total. The number of nitrogens with one attached hydrogen (secondary N) is 1. The largest absolute Gasteiger partial charge is 0.495 e. The molecule has 2 aliphatic rings. The number of methoxy groups -OCH3 is 1. The van der Waals surface area contributed by atoms with Crippen molar-refractivity contribution in [3.8, 4) is 5.75 Å². The number of ether oxygens (including phenoxy) is 2. The predicted molar refractivity (Wildman–Crippen MR) is 135 cm³/mol. The molecule has 0 saturated heterocycles. The van der Waals surface area contributed by atoms with Crippen molar-refractivity contribution < 1.29 is 19.4 Å². The van der Waals surface area contributed by atoms with Gasteiger partial charge in [0.2, 0.25) is 5.95 Å². The predicted octanol–water partition coefficient (Wildman–Crippen LogP) is 4.35. The summed E-state index contributed by atoms with van der Waals surface area (Å²) in [4.78, 5) is 23.6. The van der Waals surface area contributed by atoms with Gasteiger partial charge in [-0.05, 0) is 76.1 Å². The highest BCUT2D eigenvalue weighted by Crippen LogP contribution is 2.34. The second-order valence-electron chi connectivity index (χ2n) is 10.6. The van der Waals surface area contributed by atoms with Crippen LogP contribution in [0.2, 0.25) is 0 Å². The highest BCUT2D eigenvalue weighted by Gasteiger charge is 2.27. The van der Waals surface area contributed by atoms with Gasteiger partial charge in [-0.2, -0.15) is 10.1 Å². The highest BCUT2D eigenvalue weighted by atomic mass is 16.6. The number of carbonyl (C=O) groups is 1. The molecule has 1 fully saturated rings. The maximum Gasteiger partial charge on any atom is 0.410 e. The Bertz CT molecular complexity index is 1260. The Morgan fingerprint density at radius 2 is 1.92 bits per heavy atom. The molecule has 0 spiro atoms. The van der Waals surface area contributed by atoms with Crippen molar-refractivity contribution in [3.05, 3.63) is 35.7 Å². The average Bonchev–Trinajstić information content (AvgIpc) is 3.26. The van der Waals surface area contributed by atoms with Crippen LogP contribution in [0.4, 0.5) is 16.4 Å². The molecule has 1 aliphatic carbocycles. The van der Waals surface area contributed by atoms with Crippen LogP contribution in [-0.2, 0) is 17.7 Å². The number of fused-ring (bicyclic) bond motifs is 2. The third-order valence-corrected chi connectivity index (χ3v) is 6.78. The van der Waals surface area contributed by atoms with Gasteiger partial charge >= 0.3 is 6.09 Å². The molecule has 0 radical (unpaired) electrons. The van der Waals surface area contributed by atoms with Crippen LogP contribution in [0.1, 0.15) is 63.6 Å². The molecule has 2 aromatic heterocycles. The molecule has 1 amide bonds. The van der Waals surface area contributed by atoms with Gasteiger partial charge in [0, 0.05) is 19.3 Å². The molecule has 3 heterocycles. The molecule has 5 rings (SSSR count). The van der Waals surface area contributed by atoms with Crippen LogP contribution >= 0.6 is 0 Å². The van der Waals surface area contributed by atoms with E-state index < -0.39 is 5.60 Å². The Balaban J connectivity index is 1.39. The lowest BCUT2D eigenvalue weighted by molar-refractivity contribution is 0.0224. The van der Waals surface area contributed by atoms with Crippen molar-refractivity contribution in [3.63, 3.8) is 0 Å². The van der Waals surface area contributed by atoms with Crippen molar-refractivity contribution >= 4 is 28.8 Å². The molecule has 1 aromatic carbocycles. The van der Waals surface area contributed by atoms with Gasteiger partial charge in [-0.3, -0.25) is 0 Å². The summed E-state index contributed by atoms with van der Waals surface area (Å²) in [6.45, 7) is 6.67. The zero-order valence-electron chi connectivity index (χ0n) is 21.3. The molecule has 36 heavy (non-hydrogen) atoms. The number of rotatable bonds is 4. The van der Waals surface area contributed by atoms with E-state index in [9.17, 15) is 9.90 Å². The lowest BCUT2D eigenvalue weighted by Crippen LogP contribution is -2.39. The standard InChI is InChI=1S/C26H34N6O4/c1-26(2,3)36-25(34)31-10-9-16-12-22(35-4)21(11-17(16)15-31)29-24-27-13-18-14-28-32(23(18)30-24)19-5-7-20(33)8-6-19/h11-14,19-20,33H,5-10,15H2,1-4H3,(H,27,29,30). The van der Waals surface area contributed by atoms with Gasteiger partial charge in [-0.15, -0.1) is 0 Å². The molecule has 1 aliphatic heterocycles. The smallest absolute Gasteiger partial charge is 0.410 e. The zero-order chi connectivity index (χ0) is 25.4. The number of aliphatic hydroxyl groups is 1. The Labute approximate surface area is 210 Å². The minimum atomic E-state index is -0.538. The van der Waals surface area contributed by atoms with Crippen molar-refractivity contribution in [1.29, 1.82) is 0 Å². The molecule has 192 valence electrons. The lowest BCUT2D eigenvalue weighted by Gasteiger charge is -2.31. The molecular formula is C26H34N6O4. The summed E-state index contributed by atoms with van der Waals surface area (Å²) in [5.41, 5.74) is 3.13. The summed E-state index contributed by atoms with van der Waals surface area (Å²) in [6, 6.07) is 4.23. The second-order valence-corrected chi connectivity index (χ2v) is 10.6. The molecule has 0 unspecified atom stereocenters. The average molecular weight is 495 g/mol. The molecule has 0 bridgehead atoms. The summed E-state index contributed by atoms with van der Waals surface area (Å²) < 4.78 is 13.2. The monoisotopic (exact) mass is 494 g/mol. The molecular weight excluding hydrogens is 460 g/mol. The fraction of sp³-hybridized carbons (Fsp3) is 0.538. The minimum Gasteiger partial charge on any atom is -0.495 e. The first-order chi connectivity index (χ1) is 17.2. The van der Waals surface area contributed by atoms with Crippen LogP contribution in [0.15, 0.2) is 24.5 Å². The van der Waals surface area contributed by atoms with Crippen molar-refractivity contribution in [2.75, 3.05) is 19.0 Å². The number of amides is 1. The molecule has 2 N–H and O–H groups in total. The first-order valence-corrected chi connectivity index (χ1v) is 12.5. The number of hydrogen-bond donors (Lipinski definition) is 2. The van der Waals surface area contributed by atoms with Gasteiger partial charge in [-0.1, -0.05) is 0 Å². The first-order valence-electron chi connectivity index (χ1n) is 12.5. The summed E-state index contributed by atoms with van der Waals surface area (Å²) in [6.07, 6.45) is 7.03. The van der Waals surface area contributed by atoms with Crippen molar-refractivity contribution in [2.45, 2.75) is 77.2 Å². The van der Waals surface area contributed by atoms with Crippen LogP contribution in [0.25, 0.3) is 11.0 Å². The molecule has 1 saturated carbocycles. The molecule has 0 atom stereocenters. The highest BCUT2D eigenvalue weighted by molar-refractivity contribution is 5.76. The first kappa shape index (κ1) is 24.3. The Kier molecular flexibility index (Phi) is 6.46. The van der Waals surface area contributed by atoms with Crippen molar-refractivity contribution in [1.82, 2.24) is 24.6 Å². The maximum absolute atomic E-state index is 12.6. The van der Waals surface area contributed by atoms with Gasteiger partial charge in [-0.25, -0.2) is 14.5 Å². The zero-order valence-corrected chi connectivity index (χ0v) is 21.3. The number of hydrogen-bond acceptors (Lipinski definition) is 8. The van der Waals surface area contributed by atoms with E-state index in [0.717, 1.165) is 60.0 Å². The number of nitrogens with zero attached hydrogens (tertiary/aromatic N) is 5. The van der Waals surface area contributed by atoms with Crippen LogP contribution in [-0.4, -0.2) is 61.2 Å². The Morgan fingerprint density at radius 3 is 2.64 bits per heavy atom. The maximum atomic E-state index is 12.6. The van der Waals surface area contributed by atoms with E-state index in [1.807, 2.05) is 37.6 Å². The number of aliphatic hydroxyl groups excluding tert-OH is 1. The van der Waals surface area contributed by atoms with Gasteiger partial charge < -0.3 is 24.8 Å². The second kappa shape index (κ2) is 9.57. The van der Waals surface area contributed by atoms with E-state index in [4.69, 9.17) is 14.5 Å². The van der Waals surface area contributed by atoms with Gasteiger partial charge in [0.1, 0.15) is 11.4 Å². The molecule has 3 aromatic rings. The van der Waals surface area contributed by atoms with E-state index in [2.05, 4.69) is 15.4 Å². The Morgan fingerprint density at radius 1 is 1.14 bits per heavy atom. The van der Waals surface area contributed by atoms with Crippen LogP contribution in [0, 0.1) is 0 Å². The third kappa shape index (κ3) is 5.09. The fourth-order valence-corrected chi connectivity index (χ4v) is 4.92. The van der Waals surface area contributed by atoms with Crippen LogP contribution in [0.5, 0.6) is 5.75 Å². The lowest BCUT2D eigenvalue weighted by atomic mass is 9.93. The van der Waals surface area contributed by atoms with E-state index in [1.165, 1.54) is 0 Å². The quantitative estimate of drug-likeness (QED) is 0.550. The summed E-state index contributed by atoms with van der Waals surface area (Å²) >= 11 is 0. The van der Waals surface area contributed by atoms with E-state index in [-0.39, 0.29) is 18.2 Å². The topological polar surface area (TPSA) is 115 Å². The van der Waals surface area contributed by atoms with Gasteiger partial charge in [0.05, 0.1) is 36.5 Å². The van der Waals surface area contributed by atoms with Crippen LogP contribution in [0.3, 0.4) is 0 Å². The number of anilines is 2. The van der Waals surface area contributed by atoms with Crippen molar-refractivity contribution in [2.24, 2.45) is 0 Å². The fourth-order valence-electron chi connectivity index (χ4n) is 4.92. The number of carbonyl (C=O) groups excluding carboxylic acids is 1. The summed E-state index contributed by atoms with van der Waals surface area (Å²) in [7, 11) is 1.64. The third-order valence-electron chi connectivity index (χ3n) is 6.78. The number of benzene rings is 1. The summed E-state index contributed by atoms with van der Waals surface area (Å²) in [5.74, 6) is 1.14. The van der Waals surface area contributed by atoms with Gasteiger partial charge in [0.25, 0.3) is 0 Å². The van der Waals surface area contributed by atoms with Crippen LogP contribution < -0.4 is 10.1 Å². The molecule has 10 heteroatoms. The van der Waals surface area contributed by atoms with E-state index in [0.29, 0.717) is 24.8 Å². The minimum absolute atomic E-state index is 0.214. The van der Waals surface area contributed by atoms with E-state index >= 15 is 0 Å². The number of aromatic nitrogens is 4. The SMILES string of the molecule is COc1cc2c(cc1Nc1ncc3cnn(C4CCC(O)CC4)c3n1)CN(C(=O)OC(C)(C)C)CC2. The normalized spacial score (nSPS) is 20.2. The van der Waals surface area contributed by atoms with E-state index in [1.54, 1.807) is 24.4 Å².